The molecule has 0 spiro atoms. The van der Waals surface area contributed by atoms with Crippen LogP contribution in [-0.4, -0.2) is 27.4 Å². The van der Waals surface area contributed by atoms with Crippen LogP contribution in [0.3, 0.4) is 0 Å². The fourth-order valence-corrected chi connectivity index (χ4v) is 5.04. The summed E-state index contributed by atoms with van der Waals surface area (Å²) in [6.07, 6.45) is 6.29. The van der Waals surface area contributed by atoms with Crippen LogP contribution in [0.5, 0.6) is 0 Å². The molecule has 0 saturated heterocycles. The molecule has 6 nitrogen and oxygen atoms in total. The number of rotatable bonds is 7. The van der Waals surface area contributed by atoms with Gasteiger partial charge in [-0.25, -0.2) is 13.8 Å². The molecule has 1 N–H and O–H groups in total. The summed E-state index contributed by atoms with van der Waals surface area (Å²) in [5.74, 6) is -2.18. The third kappa shape index (κ3) is 5.38. The Hall–Kier alpha value is -4.07. The highest BCUT2D eigenvalue weighted by atomic mass is 19.1. The molecular formula is C29H28F2N4O2. The number of carbonyl (C=O) groups is 2. The van der Waals surface area contributed by atoms with Crippen molar-refractivity contribution in [3.63, 3.8) is 0 Å². The molecule has 1 aromatic heterocycles. The Morgan fingerprint density at radius 1 is 0.973 bits per heavy atom. The lowest BCUT2D eigenvalue weighted by Crippen LogP contribution is -2.48. The molecule has 2 amide bonds. The predicted octanol–water partition coefficient (Wildman–Crippen LogP) is 5.54. The molecule has 1 saturated carbocycles. The van der Waals surface area contributed by atoms with Crippen LogP contribution >= 0.6 is 0 Å². The summed E-state index contributed by atoms with van der Waals surface area (Å²) in [6.45, 7) is -0.168. The molecule has 1 aliphatic carbocycles. The Balaban J connectivity index is 1.57. The van der Waals surface area contributed by atoms with E-state index in [0.717, 1.165) is 37.6 Å². The maximum atomic E-state index is 15.2. The number of hydrogen-bond acceptors (Lipinski definition) is 3. The van der Waals surface area contributed by atoms with Gasteiger partial charge in [-0.1, -0.05) is 55.7 Å². The number of fused-ring (bicyclic) bond motifs is 1. The zero-order chi connectivity index (χ0) is 25.8. The zero-order valence-corrected chi connectivity index (χ0v) is 20.3. The minimum Gasteiger partial charge on any atom is -0.351 e. The molecule has 4 aromatic rings. The van der Waals surface area contributed by atoms with Gasteiger partial charge in [0.05, 0.1) is 17.4 Å². The van der Waals surface area contributed by atoms with Crippen LogP contribution < -0.4 is 10.2 Å². The second-order valence-electron chi connectivity index (χ2n) is 9.37. The van der Waals surface area contributed by atoms with Crippen molar-refractivity contribution in [1.29, 1.82) is 0 Å². The van der Waals surface area contributed by atoms with Crippen molar-refractivity contribution in [2.45, 2.75) is 50.7 Å². The number of halogens is 2. The first-order valence-electron chi connectivity index (χ1n) is 12.5. The van der Waals surface area contributed by atoms with Crippen molar-refractivity contribution in [3.8, 4) is 0 Å². The summed E-state index contributed by atoms with van der Waals surface area (Å²) >= 11 is 0. The van der Waals surface area contributed by atoms with Crippen LogP contribution in [0.15, 0.2) is 79.1 Å². The van der Waals surface area contributed by atoms with Gasteiger partial charge in [0.25, 0.3) is 0 Å². The number of benzene rings is 3. The highest BCUT2D eigenvalue weighted by Gasteiger charge is 2.36. The number of aromatic nitrogens is 2. The molecule has 3 aromatic carbocycles. The molecule has 1 atom stereocenters. The van der Waals surface area contributed by atoms with Crippen LogP contribution in [0.25, 0.3) is 11.0 Å². The van der Waals surface area contributed by atoms with E-state index >= 15 is 4.39 Å². The Morgan fingerprint density at radius 3 is 2.51 bits per heavy atom. The number of anilines is 1. The fourth-order valence-electron chi connectivity index (χ4n) is 5.04. The van der Waals surface area contributed by atoms with E-state index in [1.807, 2.05) is 24.3 Å². The Labute approximate surface area is 213 Å². The van der Waals surface area contributed by atoms with E-state index in [1.54, 1.807) is 23.0 Å². The average Bonchev–Trinajstić information content (AvgIpc) is 3.31. The summed E-state index contributed by atoms with van der Waals surface area (Å²) in [6, 6.07) is 17.3. The summed E-state index contributed by atoms with van der Waals surface area (Å²) in [5.41, 5.74) is 1.67. The van der Waals surface area contributed by atoms with Crippen LogP contribution in [0.1, 0.15) is 43.7 Å². The van der Waals surface area contributed by atoms with Crippen molar-refractivity contribution in [3.05, 3.63) is 96.3 Å². The largest absolute Gasteiger partial charge is 0.351 e. The summed E-state index contributed by atoms with van der Waals surface area (Å²) < 4.78 is 31.2. The molecule has 1 aliphatic rings. The van der Waals surface area contributed by atoms with Gasteiger partial charge in [-0.3, -0.25) is 14.5 Å². The number of nitrogens with zero attached hydrogens (tertiary/aromatic N) is 3. The van der Waals surface area contributed by atoms with Gasteiger partial charge in [0, 0.05) is 17.3 Å². The number of hydrogen-bond donors (Lipinski definition) is 1. The van der Waals surface area contributed by atoms with Crippen molar-refractivity contribution in [1.82, 2.24) is 14.9 Å². The number of imidazole rings is 1. The van der Waals surface area contributed by atoms with E-state index in [1.165, 1.54) is 41.3 Å². The van der Waals surface area contributed by atoms with E-state index in [0.29, 0.717) is 5.52 Å². The molecule has 1 fully saturated rings. The maximum absolute atomic E-state index is 15.2. The molecule has 0 radical (unpaired) electrons. The fraction of sp³-hybridized carbons (Fsp3) is 0.276. The van der Waals surface area contributed by atoms with Crippen molar-refractivity contribution < 1.29 is 18.4 Å². The summed E-state index contributed by atoms with van der Waals surface area (Å²) in [4.78, 5) is 33.3. The van der Waals surface area contributed by atoms with Crippen LogP contribution in [0.2, 0.25) is 0 Å². The first kappa shape index (κ1) is 24.6. The monoisotopic (exact) mass is 502 g/mol. The molecule has 0 aliphatic heterocycles. The number of carbonyl (C=O) groups excluding carboxylic acids is 2. The zero-order valence-electron chi connectivity index (χ0n) is 20.3. The quantitative estimate of drug-likeness (QED) is 0.361. The first-order valence-corrected chi connectivity index (χ1v) is 12.5. The Morgan fingerprint density at radius 2 is 1.73 bits per heavy atom. The van der Waals surface area contributed by atoms with E-state index in [2.05, 4.69) is 10.3 Å². The van der Waals surface area contributed by atoms with Crippen molar-refractivity contribution in [2.75, 3.05) is 4.90 Å². The van der Waals surface area contributed by atoms with E-state index in [-0.39, 0.29) is 23.8 Å². The predicted molar refractivity (Wildman–Crippen MR) is 138 cm³/mol. The lowest BCUT2D eigenvalue weighted by Gasteiger charge is -2.33. The summed E-state index contributed by atoms with van der Waals surface area (Å²) in [5, 5.41) is 3.04. The topological polar surface area (TPSA) is 67.2 Å². The number of para-hydroxylation sites is 2. The second kappa shape index (κ2) is 10.9. The van der Waals surface area contributed by atoms with Gasteiger partial charge in [0.15, 0.2) is 0 Å². The molecule has 37 heavy (non-hydrogen) atoms. The number of amides is 2. The Kier molecular flexibility index (Phi) is 7.25. The number of nitrogens with one attached hydrogen (secondary N) is 1. The lowest BCUT2D eigenvalue weighted by molar-refractivity contribution is -0.127. The van der Waals surface area contributed by atoms with Gasteiger partial charge in [-0.2, -0.15) is 0 Å². The maximum Gasteiger partial charge on any atom is 0.248 e. The van der Waals surface area contributed by atoms with E-state index < -0.39 is 29.5 Å². The molecule has 0 bridgehead atoms. The van der Waals surface area contributed by atoms with E-state index in [9.17, 15) is 14.0 Å². The standard InChI is InChI=1S/C29H28F2N4O2/c30-20-9-8-12-22(17-20)35(27(36)18-34-19-32-25-15-6-7-16-26(25)34)28(23-13-4-5-14-24(23)31)29(37)33-21-10-2-1-3-11-21/h4-9,12-17,19,21,28H,1-3,10-11,18H2,(H,33,37). The van der Waals surface area contributed by atoms with Crippen molar-refractivity contribution in [2.24, 2.45) is 0 Å². The van der Waals surface area contributed by atoms with Gasteiger partial charge >= 0.3 is 0 Å². The molecule has 1 unspecified atom stereocenters. The Bertz CT molecular complexity index is 1410. The molecule has 5 rings (SSSR count). The van der Waals surface area contributed by atoms with Gasteiger partial charge in [-0.05, 0) is 49.2 Å². The molecule has 190 valence electrons. The highest BCUT2D eigenvalue weighted by molar-refractivity contribution is 6.01. The molecule has 8 heteroatoms. The van der Waals surface area contributed by atoms with E-state index in [4.69, 9.17) is 0 Å². The minimum atomic E-state index is -1.33. The smallest absolute Gasteiger partial charge is 0.248 e. The van der Waals surface area contributed by atoms with Gasteiger partial charge in [0.1, 0.15) is 24.2 Å². The average molecular weight is 503 g/mol. The highest BCUT2D eigenvalue weighted by Crippen LogP contribution is 2.31. The van der Waals surface area contributed by atoms with Crippen molar-refractivity contribution >= 4 is 28.5 Å². The SMILES string of the molecule is O=C(NC1CCCCC1)C(c1ccccc1F)N(C(=O)Cn1cnc2ccccc21)c1cccc(F)c1. The third-order valence-corrected chi connectivity index (χ3v) is 6.85. The first-order chi connectivity index (χ1) is 18.0. The molecule has 1 heterocycles. The molecular weight excluding hydrogens is 474 g/mol. The minimum absolute atomic E-state index is 0.0453. The lowest BCUT2D eigenvalue weighted by atomic mass is 9.94. The van der Waals surface area contributed by atoms with Crippen LogP contribution in [0, 0.1) is 11.6 Å². The van der Waals surface area contributed by atoms with Crippen LogP contribution in [-0.2, 0) is 16.1 Å². The van der Waals surface area contributed by atoms with Crippen LogP contribution in [0.4, 0.5) is 14.5 Å². The van der Waals surface area contributed by atoms with Gasteiger partial charge < -0.3 is 9.88 Å². The second-order valence-corrected chi connectivity index (χ2v) is 9.37. The third-order valence-electron chi connectivity index (χ3n) is 6.85. The van der Waals surface area contributed by atoms with Gasteiger partial charge in [-0.15, -0.1) is 0 Å². The summed E-state index contributed by atoms with van der Waals surface area (Å²) in [7, 11) is 0. The van der Waals surface area contributed by atoms with Gasteiger partial charge in [0.2, 0.25) is 11.8 Å². The normalized spacial score (nSPS) is 14.9.